The maximum absolute atomic E-state index is 12.4. The van der Waals surface area contributed by atoms with Gasteiger partial charge in [0.1, 0.15) is 6.61 Å². The molecule has 2 N–H and O–H groups in total. The normalized spacial score (nSPS) is 13.9. The number of carbonyl (C=O) groups excluding carboxylic acids is 1. The van der Waals surface area contributed by atoms with Gasteiger partial charge >= 0.3 is 14.1 Å². The van der Waals surface area contributed by atoms with Crippen LogP contribution < -0.4 is 5.32 Å². The Morgan fingerprint density at radius 3 is 2.07 bits per heavy atom. The Bertz CT molecular complexity index is 992. The van der Waals surface area contributed by atoms with E-state index in [2.05, 4.69) is 17.4 Å². The number of rotatable bonds is 6. The molecule has 146 valence electrons. The minimum absolute atomic E-state index is 0.0522. The predicted molar refractivity (Wildman–Crippen MR) is 112 cm³/mol. The zero-order valence-electron chi connectivity index (χ0n) is 15.7. The smallest absolute Gasteiger partial charge is 0.448 e. The van der Waals surface area contributed by atoms with E-state index in [1.807, 2.05) is 66.7 Å². The van der Waals surface area contributed by atoms with E-state index in [-0.39, 0.29) is 18.9 Å². The average Bonchev–Trinajstić information content (AvgIpc) is 3.06. The zero-order chi connectivity index (χ0) is 20.2. The van der Waals surface area contributed by atoms with Crippen molar-refractivity contribution < 1.29 is 19.0 Å². The molecule has 0 aromatic heterocycles. The van der Waals surface area contributed by atoms with Gasteiger partial charge in [-0.05, 0) is 32.4 Å². The molecule has 1 aliphatic carbocycles. The van der Waals surface area contributed by atoms with Crippen LogP contribution in [0.25, 0.3) is 11.1 Å². The van der Waals surface area contributed by atoms with E-state index in [1.165, 1.54) is 0 Å². The Hall–Kier alpha value is -3.01. The SMILES string of the molecule is O=C(NC(Cc1ccccc1)[P+](=O)O)OCC1c2ccccc2-c2ccccc21. The summed E-state index contributed by atoms with van der Waals surface area (Å²) >= 11 is 0. The van der Waals surface area contributed by atoms with Crippen LogP contribution in [0.1, 0.15) is 22.6 Å². The molecule has 0 aliphatic heterocycles. The fourth-order valence-electron chi connectivity index (χ4n) is 3.80. The largest absolute Gasteiger partial charge is 0.531 e. The summed E-state index contributed by atoms with van der Waals surface area (Å²) in [5, 5.41) is 2.54. The van der Waals surface area contributed by atoms with E-state index < -0.39 is 19.9 Å². The fraction of sp³-hybridized carbons (Fsp3) is 0.174. The van der Waals surface area contributed by atoms with Crippen LogP contribution in [0.4, 0.5) is 4.79 Å². The van der Waals surface area contributed by atoms with Gasteiger partial charge in [-0.2, -0.15) is 4.89 Å². The van der Waals surface area contributed by atoms with E-state index in [0.29, 0.717) is 0 Å². The summed E-state index contributed by atoms with van der Waals surface area (Å²) in [4.78, 5) is 22.0. The van der Waals surface area contributed by atoms with Crippen LogP contribution in [0.5, 0.6) is 0 Å². The van der Waals surface area contributed by atoms with E-state index >= 15 is 0 Å². The van der Waals surface area contributed by atoms with Gasteiger partial charge in [0, 0.05) is 12.3 Å². The van der Waals surface area contributed by atoms with Crippen molar-refractivity contribution in [3.05, 3.63) is 95.6 Å². The molecular weight excluding hydrogens is 385 g/mol. The molecule has 4 rings (SSSR count). The third-order valence-corrected chi connectivity index (χ3v) is 6.01. The Morgan fingerprint density at radius 1 is 0.931 bits per heavy atom. The highest BCUT2D eigenvalue weighted by Gasteiger charge is 2.33. The summed E-state index contributed by atoms with van der Waals surface area (Å²) in [7, 11) is -2.59. The van der Waals surface area contributed by atoms with E-state index in [0.717, 1.165) is 27.8 Å². The van der Waals surface area contributed by atoms with Crippen LogP contribution in [-0.4, -0.2) is 23.4 Å². The lowest BCUT2D eigenvalue weighted by atomic mass is 9.98. The van der Waals surface area contributed by atoms with Crippen LogP contribution in [0.15, 0.2) is 78.9 Å². The molecule has 3 aromatic rings. The van der Waals surface area contributed by atoms with Gasteiger partial charge in [-0.25, -0.2) is 4.79 Å². The van der Waals surface area contributed by atoms with Crippen LogP contribution in [0.3, 0.4) is 0 Å². The summed E-state index contributed by atoms with van der Waals surface area (Å²) in [6.45, 7) is 0.167. The molecule has 5 nitrogen and oxygen atoms in total. The molecule has 6 heteroatoms. The van der Waals surface area contributed by atoms with Gasteiger partial charge in [-0.3, -0.25) is 5.32 Å². The molecule has 29 heavy (non-hydrogen) atoms. The second kappa shape index (κ2) is 8.56. The summed E-state index contributed by atoms with van der Waals surface area (Å²) in [5.74, 6) is -0.952. The number of hydrogen-bond donors (Lipinski definition) is 2. The zero-order valence-corrected chi connectivity index (χ0v) is 16.6. The molecule has 3 aromatic carbocycles. The van der Waals surface area contributed by atoms with Gasteiger partial charge < -0.3 is 4.74 Å². The Morgan fingerprint density at radius 2 is 1.48 bits per heavy atom. The van der Waals surface area contributed by atoms with Crippen LogP contribution >= 0.6 is 8.03 Å². The molecule has 0 saturated carbocycles. The molecule has 1 amide bonds. The van der Waals surface area contributed by atoms with Crippen molar-refractivity contribution >= 4 is 14.1 Å². The molecule has 0 fully saturated rings. The third kappa shape index (κ3) is 4.21. The summed E-state index contributed by atoms with van der Waals surface area (Å²) in [6.07, 6.45) is -0.429. The molecule has 0 spiro atoms. The van der Waals surface area contributed by atoms with E-state index in [9.17, 15) is 14.3 Å². The van der Waals surface area contributed by atoms with Gasteiger partial charge in [0.05, 0.1) is 0 Å². The maximum atomic E-state index is 12.4. The van der Waals surface area contributed by atoms with E-state index in [4.69, 9.17) is 4.74 Å². The molecule has 1 aliphatic rings. The number of alkyl carbamates (subject to hydrolysis) is 1. The highest BCUT2D eigenvalue weighted by molar-refractivity contribution is 7.38. The number of amides is 1. The standard InChI is InChI=1S/C23H20NO4P/c25-23(24-22(29(26)27)14-16-8-2-1-3-9-16)28-15-21-19-12-6-4-10-17(19)18-11-5-7-13-20(18)21/h1-13,21-22H,14-15H2,(H-,24,25,26,27)/p+1. The van der Waals surface area contributed by atoms with Crippen molar-refractivity contribution in [2.24, 2.45) is 0 Å². The van der Waals surface area contributed by atoms with Gasteiger partial charge in [-0.15, -0.1) is 0 Å². The molecule has 2 atom stereocenters. The highest BCUT2D eigenvalue weighted by Crippen LogP contribution is 2.44. The second-order valence-corrected chi connectivity index (χ2v) is 8.21. The lowest BCUT2D eigenvalue weighted by molar-refractivity contribution is 0.141. The number of nitrogens with one attached hydrogen (secondary N) is 1. The quantitative estimate of drug-likeness (QED) is 0.575. The van der Waals surface area contributed by atoms with Gasteiger partial charge in [0.15, 0.2) is 0 Å². The monoisotopic (exact) mass is 406 g/mol. The second-order valence-electron chi connectivity index (χ2n) is 6.98. The van der Waals surface area contributed by atoms with Gasteiger partial charge in [-0.1, -0.05) is 78.9 Å². The fourth-order valence-corrected chi connectivity index (χ4v) is 4.38. The minimum Gasteiger partial charge on any atom is -0.448 e. The van der Waals surface area contributed by atoms with Crippen molar-refractivity contribution in [3.63, 3.8) is 0 Å². The highest BCUT2D eigenvalue weighted by atomic mass is 31.1. The van der Waals surface area contributed by atoms with Crippen molar-refractivity contribution in [1.82, 2.24) is 5.32 Å². The molecular formula is C23H21NO4P+. The topological polar surface area (TPSA) is 75.6 Å². The predicted octanol–water partition coefficient (Wildman–Crippen LogP) is 4.83. The first-order valence-electron chi connectivity index (χ1n) is 9.44. The summed E-state index contributed by atoms with van der Waals surface area (Å²) in [6, 6.07) is 25.5. The van der Waals surface area contributed by atoms with Gasteiger partial charge in [0.2, 0.25) is 0 Å². The molecule has 0 radical (unpaired) electrons. The number of benzene rings is 3. The lowest BCUT2D eigenvalue weighted by Crippen LogP contribution is -2.35. The number of ether oxygens (including phenoxy) is 1. The first-order valence-corrected chi connectivity index (χ1v) is 10.7. The average molecular weight is 406 g/mol. The first-order chi connectivity index (χ1) is 14.1. The molecule has 2 unspecified atom stereocenters. The first kappa shape index (κ1) is 19.3. The number of fused-ring (bicyclic) bond motifs is 3. The molecule has 0 bridgehead atoms. The van der Waals surface area contributed by atoms with Crippen molar-refractivity contribution in [3.8, 4) is 11.1 Å². The summed E-state index contributed by atoms with van der Waals surface area (Å²) < 4.78 is 17.2. The van der Waals surface area contributed by atoms with Crippen LogP contribution in [0.2, 0.25) is 0 Å². The molecule has 0 heterocycles. The number of carbonyl (C=O) groups is 1. The minimum atomic E-state index is -2.59. The van der Waals surface area contributed by atoms with Crippen molar-refractivity contribution in [2.45, 2.75) is 18.1 Å². The van der Waals surface area contributed by atoms with Crippen LogP contribution in [0, 0.1) is 0 Å². The van der Waals surface area contributed by atoms with Gasteiger partial charge in [0.25, 0.3) is 5.78 Å². The third-order valence-electron chi connectivity index (χ3n) is 5.17. The Balaban J connectivity index is 1.43. The Kier molecular flexibility index (Phi) is 5.70. The number of hydrogen-bond acceptors (Lipinski definition) is 3. The van der Waals surface area contributed by atoms with Crippen molar-refractivity contribution in [1.29, 1.82) is 0 Å². The lowest BCUT2D eigenvalue weighted by Gasteiger charge is -2.15. The van der Waals surface area contributed by atoms with E-state index in [1.54, 1.807) is 0 Å². The van der Waals surface area contributed by atoms with Crippen LogP contribution in [-0.2, 0) is 15.7 Å². The van der Waals surface area contributed by atoms with Crippen molar-refractivity contribution in [2.75, 3.05) is 6.61 Å². The summed E-state index contributed by atoms with van der Waals surface area (Å²) in [5.41, 5.74) is 5.41. The molecule has 0 saturated heterocycles. The maximum Gasteiger partial charge on any atom is 0.531 e. The Labute approximate surface area is 170 Å².